The lowest BCUT2D eigenvalue weighted by molar-refractivity contribution is -0.121. The normalized spacial score (nSPS) is 21.1. The number of rotatable bonds is 5. The Balaban J connectivity index is 1.53. The van der Waals surface area contributed by atoms with Crippen LogP contribution in [0.3, 0.4) is 0 Å². The first-order chi connectivity index (χ1) is 15.0. The van der Waals surface area contributed by atoms with E-state index in [0.717, 1.165) is 50.3 Å². The van der Waals surface area contributed by atoms with Crippen LogP contribution in [0, 0.1) is 0 Å². The van der Waals surface area contributed by atoms with E-state index in [1.165, 1.54) is 6.42 Å². The maximum atomic E-state index is 13.5. The van der Waals surface area contributed by atoms with Crippen molar-refractivity contribution < 1.29 is 14.6 Å². The minimum Gasteiger partial charge on any atom is -0.388 e. The summed E-state index contributed by atoms with van der Waals surface area (Å²) in [5.41, 5.74) is 0.523. The fraction of sp³-hybridized carbons (Fsp3) is 0.591. The Labute approximate surface area is 181 Å². The third-order valence-electron chi connectivity index (χ3n) is 6.60. The van der Waals surface area contributed by atoms with Gasteiger partial charge < -0.3 is 15.2 Å². The number of nitrogens with zero attached hydrogens (tertiary/aromatic N) is 5. The molecule has 164 valence electrons. The molecular weight excluding hydrogens is 396 g/mol. The van der Waals surface area contributed by atoms with Crippen molar-refractivity contribution in [3.8, 4) is 0 Å². The van der Waals surface area contributed by atoms with Gasteiger partial charge in [0.25, 0.3) is 0 Å². The number of aliphatic hydroxyl groups excluding tert-OH is 1. The maximum Gasteiger partial charge on any atom is 0.243 e. The van der Waals surface area contributed by atoms with Gasteiger partial charge in [-0.05, 0) is 46.0 Å². The lowest BCUT2D eigenvalue weighted by Crippen LogP contribution is -2.34. The summed E-state index contributed by atoms with van der Waals surface area (Å²) in [6.45, 7) is 4.92. The number of anilines is 3. The van der Waals surface area contributed by atoms with Crippen molar-refractivity contribution in [1.29, 1.82) is 0 Å². The lowest BCUT2D eigenvalue weighted by Gasteiger charge is -2.29. The number of aliphatic hydroxyl groups is 1. The van der Waals surface area contributed by atoms with E-state index in [-0.39, 0.29) is 24.3 Å². The van der Waals surface area contributed by atoms with E-state index in [9.17, 15) is 9.90 Å². The minimum atomic E-state index is -0.811. The molecule has 1 aliphatic carbocycles. The molecule has 2 N–H and O–H groups in total. The second kappa shape index (κ2) is 7.80. The van der Waals surface area contributed by atoms with Crippen LogP contribution in [0.15, 0.2) is 12.4 Å². The summed E-state index contributed by atoms with van der Waals surface area (Å²) >= 11 is 0. The first kappa shape index (κ1) is 20.3. The number of nitrogens with one attached hydrogen (secondary N) is 1. The molecule has 31 heavy (non-hydrogen) atoms. The highest BCUT2D eigenvalue weighted by molar-refractivity contribution is 6.12. The van der Waals surface area contributed by atoms with E-state index in [2.05, 4.69) is 25.3 Å². The van der Waals surface area contributed by atoms with Crippen LogP contribution in [0.5, 0.6) is 0 Å². The van der Waals surface area contributed by atoms with Gasteiger partial charge in [0.2, 0.25) is 5.91 Å². The molecule has 5 rings (SSSR count). The third kappa shape index (κ3) is 3.45. The minimum absolute atomic E-state index is 0.106. The quantitative estimate of drug-likeness (QED) is 0.753. The van der Waals surface area contributed by atoms with Gasteiger partial charge in [-0.15, -0.1) is 0 Å². The molecule has 9 nitrogen and oxygen atoms in total. The Hall–Kier alpha value is -2.65. The van der Waals surface area contributed by atoms with Crippen molar-refractivity contribution >= 4 is 23.2 Å². The fourth-order valence-electron chi connectivity index (χ4n) is 4.49. The Morgan fingerprint density at radius 3 is 2.48 bits per heavy atom. The Kier molecular flexibility index (Phi) is 5.10. The van der Waals surface area contributed by atoms with Crippen LogP contribution in [0.1, 0.15) is 69.1 Å². The molecule has 0 unspecified atom stereocenters. The van der Waals surface area contributed by atoms with E-state index in [1.807, 2.05) is 13.8 Å². The fourth-order valence-corrected chi connectivity index (χ4v) is 4.49. The van der Waals surface area contributed by atoms with Gasteiger partial charge in [0.05, 0.1) is 29.1 Å². The number of carbonyl (C=O) groups excluding carboxylic acids is 1. The number of hydrogen-bond acceptors (Lipinski definition) is 8. The van der Waals surface area contributed by atoms with Crippen molar-refractivity contribution in [1.82, 2.24) is 19.9 Å². The highest BCUT2D eigenvalue weighted by Gasteiger charge is 2.49. The van der Waals surface area contributed by atoms with E-state index in [0.29, 0.717) is 23.4 Å². The van der Waals surface area contributed by atoms with Crippen LogP contribution < -0.4 is 10.2 Å². The molecule has 1 saturated carbocycles. The SMILES string of the molecule is CC1(C)C(=O)N(c2cnc(C3CCOCC3)nc2)c2nc(CO)nc(NC3CCC3)c21. The lowest BCUT2D eigenvalue weighted by atomic mass is 9.86. The van der Waals surface area contributed by atoms with E-state index in [1.54, 1.807) is 17.3 Å². The van der Waals surface area contributed by atoms with Gasteiger partial charge in [-0.25, -0.2) is 19.9 Å². The molecule has 0 aromatic carbocycles. The van der Waals surface area contributed by atoms with Crippen molar-refractivity contribution in [2.45, 2.75) is 69.9 Å². The van der Waals surface area contributed by atoms with Crippen molar-refractivity contribution in [3.05, 3.63) is 29.6 Å². The third-order valence-corrected chi connectivity index (χ3v) is 6.60. The average Bonchev–Trinajstić information content (AvgIpc) is 2.97. The zero-order valence-corrected chi connectivity index (χ0v) is 18.0. The highest BCUT2D eigenvalue weighted by atomic mass is 16.5. The van der Waals surface area contributed by atoms with Crippen LogP contribution in [0.25, 0.3) is 0 Å². The molecule has 1 saturated heterocycles. The molecule has 0 atom stereocenters. The average molecular weight is 425 g/mol. The predicted octanol–water partition coefficient (Wildman–Crippen LogP) is 2.57. The van der Waals surface area contributed by atoms with Gasteiger partial charge in [0.1, 0.15) is 24.1 Å². The molecule has 1 amide bonds. The van der Waals surface area contributed by atoms with Crippen molar-refractivity contribution in [3.63, 3.8) is 0 Å². The second-order valence-corrected chi connectivity index (χ2v) is 9.07. The van der Waals surface area contributed by atoms with Gasteiger partial charge >= 0.3 is 0 Å². The number of carbonyl (C=O) groups is 1. The molecule has 0 bridgehead atoms. The standard InChI is InChI=1S/C22H28N6O3/c1-22(2)17-19(25-14-4-3-5-14)26-16(12-29)27-20(17)28(21(22)30)15-10-23-18(24-11-15)13-6-8-31-9-7-13/h10-11,13-14,29H,3-9,12H2,1-2H3,(H,25,26,27). The molecule has 0 spiro atoms. The van der Waals surface area contributed by atoms with Gasteiger partial charge in [-0.1, -0.05) is 0 Å². The van der Waals surface area contributed by atoms with Crippen LogP contribution in [-0.2, 0) is 21.6 Å². The smallest absolute Gasteiger partial charge is 0.243 e. The molecule has 2 aliphatic heterocycles. The molecule has 2 aromatic rings. The molecule has 2 fully saturated rings. The van der Waals surface area contributed by atoms with Crippen molar-refractivity contribution in [2.24, 2.45) is 0 Å². The predicted molar refractivity (Wildman–Crippen MR) is 114 cm³/mol. The molecule has 3 aliphatic rings. The number of ether oxygens (including phenoxy) is 1. The zero-order valence-electron chi connectivity index (χ0n) is 18.0. The summed E-state index contributed by atoms with van der Waals surface area (Å²) in [5.74, 6) is 2.38. The number of fused-ring (bicyclic) bond motifs is 1. The summed E-state index contributed by atoms with van der Waals surface area (Å²) in [6, 6.07) is 0.340. The Morgan fingerprint density at radius 2 is 1.87 bits per heavy atom. The molecule has 9 heteroatoms. The van der Waals surface area contributed by atoms with Crippen LogP contribution in [0.2, 0.25) is 0 Å². The summed E-state index contributed by atoms with van der Waals surface area (Å²) < 4.78 is 5.43. The van der Waals surface area contributed by atoms with Crippen LogP contribution in [-0.4, -0.2) is 50.2 Å². The van der Waals surface area contributed by atoms with E-state index in [4.69, 9.17) is 4.74 Å². The maximum absolute atomic E-state index is 13.5. The zero-order chi connectivity index (χ0) is 21.6. The topological polar surface area (TPSA) is 113 Å². The van der Waals surface area contributed by atoms with Crippen LogP contribution >= 0.6 is 0 Å². The number of hydrogen-bond donors (Lipinski definition) is 2. The number of aromatic nitrogens is 4. The molecule has 0 radical (unpaired) electrons. The first-order valence-corrected chi connectivity index (χ1v) is 11.0. The Bertz CT molecular complexity index is 983. The van der Waals surface area contributed by atoms with Crippen LogP contribution in [0.4, 0.5) is 17.3 Å². The van der Waals surface area contributed by atoms with E-state index < -0.39 is 5.41 Å². The monoisotopic (exact) mass is 424 g/mol. The highest BCUT2D eigenvalue weighted by Crippen LogP contribution is 2.47. The first-order valence-electron chi connectivity index (χ1n) is 11.0. The summed E-state index contributed by atoms with van der Waals surface area (Å²) in [5, 5.41) is 13.2. The van der Waals surface area contributed by atoms with Gasteiger partial charge in [0.15, 0.2) is 5.82 Å². The second-order valence-electron chi connectivity index (χ2n) is 9.07. The molecular formula is C22H28N6O3. The number of amides is 1. The largest absolute Gasteiger partial charge is 0.388 e. The van der Waals surface area contributed by atoms with E-state index >= 15 is 0 Å². The summed E-state index contributed by atoms with van der Waals surface area (Å²) in [7, 11) is 0. The van der Waals surface area contributed by atoms with Gasteiger partial charge in [-0.3, -0.25) is 9.69 Å². The van der Waals surface area contributed by atoms with Gasteiger partial charge in [0, 0.05) is 25.2 Å². The van der Waals surface area contributed by atoms with Crippen molar-refractivity contribution in [2.75, 3.05) is 23.4 Å². The Morgan fingerprint density at radius 1 is 1.16 bits per heavy atom. The van der Waals surface area contributed by atoms with Gasteiger partial charge in [-0.2, -0.15) is 0 Å². The molecule has 2 aromatic heterocycles. The molecule has 4 heterocycles. The summed E-state index contributed by atoms with van der Waals surface area (Å²) in [6.07, 6.45) is 8.53. The summed E-state index contributed by atoms with van der Waals surface area (Å²) in [4.78, 5) is 33.2.